The number of aromatic nitrogens is 3. The summed E-state index contributed by atoms with van der Waals surface area (Å²) in [4.78, 5) is 23.3. The third-order valence-corrected chi connectivity index (χ3v) is 7.59. The van der Waals surface area contributed by atoms with Crippen LogP contribution in [0.3, 0.4) is 0 Å². The Bertz CT molecular complexity index is 1580. The van der Waals surface area contributed by atoms with E-state index in [0.29, 0.717) is 17.5 Å². The lowest BCUT2D eigenvalue weighted by molar-refractivity contribution is 0.0951. The van der Waals surface area contributed by atoms with Gasteiger partial charge in [0.15, 0.2) is 11.5 Å². The predicted octanol–water partition coefficient (Wildman–Crippen LogP) is 6.55. The summed E-state index contributed by atoms with van der Waals surface area (Å²) in [5, 5.41) is 7.80. The van der Waals surface area contributed by atoms with E-state index < -0.39 is 0 Å². The molecule has 1 aliphatic rings. The number of anilines is 1. The molecule has 0 bridgehead atoms. The molecule has 5 aromatic rings. The first-order chi connectivity index (χ1) is 17.4. The standard InChI is InChI=1S/C29H29N5OS/c1-17(2)14-30-27-28-31-15-24(19-5-7-20(8-6-19)29(35)32-22-9-10-22)34(28)16-23(33-27)26-13-21-12-18(3)4-11-25(21)36-26/h4-8,11-13,15-17,22H,9-10,14H2,1-3H3,(H,30,33)(H,32,35). The Labute approximate surface area is 214 Å². The lowest BCUT2D eigenvalue weighted by Crippen LogP contribution is -2.25. The SMILES string of the molecule is Cc1ccc2sc(-c3cn4c(-c5ccc(C(=O)NC6CC6)cc5)cnc4c(NCC(C)C)n3)cc2c1. The first kappa shape index (κ1) is 22.7. The minimum atomic E-state index is -0.00570. The van der Waals surface area contributed by atoms with Crippen LogP contribution >= 0.6 is 11.3 Å². The van der Waals surface area contributed by atoms with Crippen molar-refractivity contribution in [1.82, 2.24) is 19.7 Å². The van der Waals surface area contributed by atoms with Gasteiger partial charge in [0.2, 0.25) is 0 Å². The number of thiophene rings is 1. The molecule has 0 radical (unpaired) electrons. The number of rotatable bonds is 7. The fraction of sp³-hybridized carbons (Fsp3) is 0.276. The van der Waals surface area contributed by atoms with Gasteiger partial charge in [0.1, 0.15) is 0 Å². The smallest absolute Gasteiger partial charge is 0.251 e. The van der Waals surface area contributed by atoms with E-state index in [2.05, 4.69) is 66.3 Å². The largest absolute Gasteiger partial charge is 0.367 e. The first-order valence-electron chi connectivity index (χ1n) is 12.5. The van der Waals surface area contributed by atoms with Crippen molar-refractivity contribution in [2.45, 2.75) is 39.7 Å². The van der Waals surface area contributed by atoms with Crippen molar-refractivity contribution in [1.29, 1.82) is 0 Å². The van der Waals surface area contributed by atoms with Crippen LogP contribution in [0.1, 0.15) is 42.6 Å². The zero-order chi connectivity index (χ0) is 24.8. The van der Waals surface area contributed by atoms with Crippen LogP contribution in [-0.4, -0.2) is 32.9 Å². The molecule has 36 heavy (non-hydrogen) atoms. The number of benzene rings is 2. The molecule has 0 saturated heterocycles. The molecule has 0 aliphatic heterocycles. The Kier molecular flexibility index (Phi) is 5.72. The van der Waals surface area contributed by atoms with Crippen LogP contribution in [-0.2, 0) is 0 Å². The van der Waals surface area contributed by atoms with Gasteiger partial charge in [-0.3, -0.25) is 9.20 Å². The monoisotopic (exact) mass is 495 g/mol. The molecule has 7 heteroatoms. The highest BCUT2D eigenvalue weighted by molar-refractivity contribution is 7.22. The van der Waals surface area contributed by atoms with Crippen LogP contribution in [0.2, 0.25) is 0 Å². The lowest BCUT2D eigenvalue weighted by atomic mass is 10.1. The van der Waals surface area contributed by atoms with E-state index in [1.807, 2.05) is 30.5 Å². The number of hydrogen-bond donors (Lipinski definition) is 2. The molecule has 6 rings (SSSR count). The maximum atomic E-state index is 12.4. The van der Waals surface area contributed by atoms with Crippen LogP contribution in [0.5, 0.6) is 0 Å². The molecule has 3 aromatic heterocycles. The molecular weight excluding hydrogens is 466 g/mol. The fourth-order valence-corrected chi connectivity index (χ4v) is 5.32. The topological polar surface area (TPSA) is 71.3 Å². The number of fused-ring (bicyclic) bond motifs is 2. The van der Waals surface area contributed by atoms with Crippen molar-refractivity contribution in [3.63, 3.8) is 0 Å². The van der Waals surface area contributed by atoms with E-state index in [1.165, 1.54) is 15.6 Å². The third-order valence-electron chi connectivity index (χ3n) is 6.45. The zero-order valence-electron chi connectivity index (χ0n) is 20.7. The van der Waals surface area contributed by atoms with Gasteiger partial charge in [0.05, 0.1) is 22.5 Å². The van der Waals surface area contributed by atoms with Gasteiger partial charge in [-0.25, -0.2) is 9.97 Å². The summed E-state index contributed by atoms with van der Waals surface area (Å²) in [6.07, 6.45) is 6.11. The lowest BCUT2D eigenvalue weighted by Gasteiger charge is -2.12. The van der Waals surface area contributed by atoms with Crippen LogP contribution in [0, 0.1) is 12.8 Å². The van der Waals surface area contributed by atoms with E-state index in [4.69, 9.17) is 9.97 Å². The summed E-state index contributed by atoms with van der Waals surface area (Å²) in [6.45, 7) is 7.29. The highest BCUT2D eigenvalue weighted by Gasteiger charge is 2.24. The highest BCUT2D eigenvalue weighted by atomic mass is 32.1. The average Bonchev–Trinajstić information content (AvgIpc) is 3.42. The molecule has 0 atom stereocenters. The summed E-state index contributed by atoms with van der Waals surface area (Å²) < 4.78 is 3.36. The molecule has 1 aliphatic carbocycles. The number of carbonyl (C=O) groups excluding carboxylic acids is 1. The predicted molar refractivity (Wildman–Crippen MR) is 148 cm³/mol. The third kappa shape index (κ3) is 4.46. The van der Waals surface area contributed by atoms with Crippen LogP contribution in [0.15, 0.2) is 60.9 Å². The molecule has 1 fully saturated rings. The second kappa shape index (κ2) is 9.06. The van der Waals surface area contributed by atoms with Gasteiger partial charge >= 0.3 is 0 Å². The molecular formula is C29H29N5OS. The van der Waals surface area contributed by atoms with Gasteiger partial charge in [-0.05, 0) is 55.3 Å². The van der Waals surface area contributed by atoms with Crippen molar-refractivity contribution < 1.29 is 4.79 Å². The van der Waals surface area contributed by atoms with E-state index in [9.17, 15) is 4.79 Å². The van der Waals surface area contributed by atoms with Crippen molar-refractivity contribution in [3.8, 4) is 21.8 Å². The Morgan fingerprint density at radius 3 is 2.69 bits per heavy atom. The minimum absolute atomic E-state index is 0.00570. The highest BCUT2D eigenvalue weighted by Crippen LogP contribution is 2.35. The quantitative estimate of drug-likeness (QED) is 0.269. The Morgan fingerprint density at radius 2 is 1.94 bits per heavy atom. The molecule has 1 saturated carbocycles. The number of carbonyl (C=O) groups is 1. The minimum Gasteiger partial charge on any atom is -0.367 e. The van der Waals surface area contributed by atoms with Crippen molar-refractivity contribution in [2.24, 2.45) is 5.92 Å². The summed E-state index contributed by atoms with van der Waals surface area (Å²) in [6, 6.07) is 16.9. The number of amides is 1. The van der Waals surface area contributed by atoms with Gasteiger partial charge in [-0.15, -0.1) is 11.3 Å². The van der Waals surface area contributed by atoms with Crippen molar-refractivity contribution in [3.05, 3.63) is 72.1 Å². The average molecular weight is 496 g/mol. The second-order valence-electron chi connectivity index (χ2n) is 10.1. The van der Waals surface area contributed by atoms with Gasteiger partial charge in [0.25, 0.3) is 5.91 Å². The molecule has 2 N–H and O–H groups in total. The van der Waals surface area contributed by atoms with Crippen LogP contribution in [0.25, 0.3) is 37.6 Å². The number of nitrogens with one attached hydrogen (secondary N) is 2. The summed E-state index contributed by atoms with van der Waals surface area (Å²) >= 11 is 1.75. The Balaban J connectivity index is 1.42. The molecule has 6 nitrogen and oxygen atoms in total. The van der Waals surface area contributed by atoms with Crippen molar-refractivity contribution in [2.75, 3.05) is 11.9 Å². The van der Waals surface area contributed by atoms with E-state index in [1.54, 1.807) is 11.3 Å². The summed E-state index contributed by atoms with van der Waals surface area (Å²) in [5.74, 6) is 1.25. The van der Waals surface area contributed by atoms with Gasteiger partial charge in [0, 0.05) is 34.6 Å². The van der Waals surface area contributed by atoms with Gasteiger partial charge in [-0.2, -0.15) is 0 Å². The van der Waals surface area contributed by atoms with Crippen LogP contribution in [0.4, 0.5) is 5.82 Å². The number of nitrogens with zero attached hydrogens (tertiary/aromatic N) is 3. The van der Waals surface area contributed by atoms with E-state index >= 15 is 0 Å². The normalized spacial score (nSPS) is 13.6. The first-order valence-corrected chi connectivity index (χ1v) is 13.3. The molecule has 3 heterocycles. The maximum Gasteiger partial charge on any atom is 0.251 e. The van der Waals surface area contributed by atoms with E-state index in [0.717, 1.165) is 52.7 Å². The number of imidazole rings is 1. The Hall–Kier alpha value is -3.71. The molecule has 0 unspecified atom stereocenters. The maximum absolute atomic E-state index is 12.4. The van der Waals surface area contributed by atoms with Gasteiger partial charge < -0.3 is 10.6 Å². The molecule has 1 amide bonds. The van der Waals surface area contributed by atoms with E-state index in [-0.39, 0.29) is 5.91 Å². The fourth-order valence-electron chi connectivity index (χ4n) is 4.32. The van der Waals surface area contributed by atoms with Crippen LogP contribution < -0.4 is 10.6 Å². The second-order valence-corrected chi connectivity index (χ2v) is 11.1. The molecule has 182 valence electrons. The molecule has 0 spiro atoms. The zero-order valence-corrected chi connectivity index (χ0v) is 21.5. The number of aryl methyl sites for hydroxylation is 1. The van der Waals surface area contributed by atoms with Gasteiger partial charge in [-0.1, -0.05) is 43.7 Å². The van der Waals surface area contributed by atoms with Crippen molar-refractivity contribution >= 4 is 38.8 Å². The number of hydrogen-bond acceptors (Lipinski definition) is 5. The summed E-state index contributed by atoms with van der Waals surface area (Å²) in [5.41, 5.74) is 5.60. The Morgan fingerprint density at radius 1 is 1.14 bits per heavy atom. The molecule has 2 aromatic carbocycles. The summed E-state index contributed by atoms with van der Waals surface area (Å²) in [7, 11) is 0.